The van der Waals surface area contributed by atoms with Gasteiger partial charge >= 0.3 is 0 Å². The number of carbonyl (C=O) groups excluding carboxylic acids is 1. The largest absolute Gasteiger partial charge is 0.508 e. The molecule has 1 aromatic heterocycles. The molecule has 3 aromatic carbocycles. The van der Waals surface area contributed by atoms with E-state index < -0.39 is 0 Å². The number of hydrogen-bond donors (Lipinski definition) is 1. The standard InChI is InChI=1S/C23H19NO2/c1-15-7-6-10-18(13-15)24-16(2)22(20-14-19(25)11-12-21(20)24)23(26)17-8-4-3-5-9-17/h3-14,25H,1-2H3. The zero-order valence-electron chi connectivity index (χ0n) is 14.7. The summed E-state index contributed by atoms with van der Waals surface area (Å²) in [5, 5.41) is 10.8. The second-order valence-electron chi connectivity index (χ2n) is 6.53. The van der Waals surface area contributed by atoms with Gasteiger partial charge in [0.05, 0.1) is 11.1 Å². The van der Waals surface area contributed by atoms with Crippen LogP contribution in [0.5, 0.6) is 5.75 Å². The molecule has 3 heteroatoms. The maximum absolute atomic E-state index is 13.2. The van der Waals surface area contributed by atoms with E-state index in [0.29, 0.717) is 11.1 Å². The van der Waals surface area contributed by atoms with Gasteiger partial charge in [-0.05, 0) is 49.7 Å². The first-order valence-electron chi connectivity index (χ1n) is 8.57. The Balaban J connectivity index is 2.04. The van der Waals surface area contributed by atoms with Gasteiger partial charge in [0.2, 0.25) is 0 Å². The van der Waals surface area contributed by atoms with Crippen LogP contribution < -0.4 is 0 Å². The molecule has 0 radical (unpaired) electrons. The molecule has 0 amide bonds. The number of rotatable bonds is 3. The Morgan fingerprint density at radius 2 is 1.65 bits per heavy atom. The molecule has 0 bridgehead atoms. The molecular weight excluding hydrogens is 322 g/mol. The molecule has 1 N–H and O–H groups in total. The molecule has 0 aliphatic carbocycles. The molecule has 0 aliphatic rings. The van der Waals surface area contributed by atoms with Crippen molar-refractivity contribution in [3.8, 4) is 11.4 Å². The van der Waals surface area contributed by atoms with Gasteiger partial charge < -0.3 is 9.67 Å². The van der Waals surface area contributed by atoms with Crippen molar-refractivity contribution in [3.63, 3.8) is 0 Å². The van der Waals surface area contributed by atoms with E-state index in [4.69, 9.17) is 0 Å². The lowest BCUT2D eigenvalue weighted by Crippen LogP contribution is -2.04. The molecule has 4 rings (SSSR count). The van der Waals surface area contributed by atoms with E-state index in [1.807, 2.05) is 68.4 Å². The second kappa shape index (κ2) is 6.19. The summed E-state index contributed by atoms with van der Waals surface area (Å²) in [5.74, 6) is 0.117. The van der Waals surface area contributed by atoms with Crippen LogP contribution in [0, 0.1) is 13.8 Å². The summed E-state index contributed by atoms with van der Waals surface area (Å²) in [6.07, 6.45) is 0. The zero-order valence-corrected chi connectivity index (χ0v) is 14.7. The molecule has 0 unspecified atom stereocenters. The summed E-state index contributed by atoms with van der Waals surface area (Å²) in [5.41, 5.74) is 5.20. The maximum Gasteiger partial charge on any atom is 0.195 e. The highest BCUT2D eigenvalue weighted by Crippen LogP contribution is 2.33. The lowest BCUT2D eigenvalue weighted by atomic mass is 10.0. The molecule has 0 atom stereocenters. The van der Waals surface area contributed by atoms with Gasteiger partial charge in [-0.2, -0.15) is 0 Å². The first kappa shape index (κ1) is 16.2. The third kappa shape index (κ3) is 2.58. The van der Waals surface area contributed by atoms with Gasteiger partial charge in [0.25, 0.3) is 0 Å². The minimum atomic E-state index is -0.0369. The molecule has 0 aliphatic heterocycles. The monoisotopic (exact) mass is 341 g/mol. The van der Waals surface area contributed by atoms with Crippen LogP contribution in [0.2, 0.25) is 0 Å². The van der Waals surface area contributed by atoms with Crippen molar-refractivity contribution in [2.24, 2.45) is 0 Å². The van der Waals surface area contributed by atoms with Crippen LogP contribution in [0.3, 0.4) is 0 Å². The van der Waals surface area contributed by atoms with Gasteiger partial charge in [0.15, 0.2) is 5.78 Å². The van der Waals surface area contributed by atoms with E-state index >= 15 is 0 Å². The molecule has 128 valence electrons. The number of ketones is 1. The Morgan fingerprint density at radius 1 is 0.885 bits per heavy atom. The minimum absolute atomic E-state index is 0.0369. The van der Waals surface area contributed by atoms with Crippen molar-refractivity contribution in [3.05, 3.63) is 95.2 Å². The van der Waals surface area contributed by atoms with Crippen LogP contribution in [0.4, 0.5) is 0 Å². The lowest BCUT2D eigenvalue weighted by Gasteiger charge is -2.10. The first-order valence-corrected chi connectivity index (χ1v) is 8.57. The van der Waals surface area contributed by atoms with Crippen molar-refractivity contribution in [1.82, 2.24) is 4.57 Å². The highest BCUT2D eigenvalue weighted by molar-refractivity contribution is 6.18. The highest BCUT2D eigenvalue weighted by atomic mass is 16.3. The Labute approximate surface area is 152 Å². The van der Waals surface area contributed by atoms with Gasteiger partial charge in [0, 0.05) is 22.3 Å². The van der Waals surface area contributed by atoms with Crippen LogP contribution in [0.1, 0.15) is 27.2 Å². The summed E-state index contributed by atoms with van der Waals surface area (Å²) in [7, 11) is 0. The van der Waals surface area contributed by atoms with E-state index in [1.165, 1.54) is 0 Å². The van der Waals surface area contributed by atoms with Crippen LogP contribution in [0.25, 0.3) is 16.6 Å². The predicted molar refractivity (Wildman–Crippen MR) is 104 cm³/mol. The number of phenolic OH excluding ortho intramolecular Hbond substituents is 1. The average Bonchev–Trinajstić information content (AvgIpc) is 2.93. The summed E-state index contributed by atoms with van der Waals surface area (Å²) in [4.78, 5) is 13.2. The molecule has 0 spiro atoms. The second-order valence-corrected chi connectivity index (χ2v) is 6.53. The van der Waals surface area contributed by atoms with E-state index in [0.717, 1.165) is 27.8 Å². The van der Waals surface area contributed by atoms with Gasteiger partial charge in [-0.15, -0.1) is 0 Å². The van der Waals surface area contributed by atoms with Gasteiger partial charge in [-0.25, -0.2) is 0 Å². The quantitative estimate of drug-likeness (QED) is 0.521. The van der Waals surface area contributed by atoms with Crippen molar-refractivity contribution in [2.75, 3.05) is 0 Å². The highest BCUT2D eigenvalue weighted by Gasteiger charge is 2.22. The molecule has 4 aromatic rings. The van der Waals surface area contributed by atoms with Crippen molar-refractivity contribution in [1.29, 1.82) is 0 Å². The normalized spacial score (nSPS) is 11.0. The fraction of sp³-hybridized carbons (Fsp3) is 0.0870. The number of aryl methyl sites for hydroxylation is 1. The SMILES string of the molecule is Cc1cccc(-n2c(C)c(C(=O)c3ccccc3)c3cc(O)ccc32)c1. The molecule has 3 nitrogen and oxygen atoms in total. The van der Waals surface area contributed by atoms with E-state index in [-0.39, 0.29) is 11.5 Å². The van der Waals surface area contributed by atoms with Gasteiger partial charge in [0.1, 0.15) is 5.75 Å². The minimum Gasteiger partial charge on any atom is -0.508 e. The summed E-state index contributed by atoms with van der Waals surface area (Å²) in [6, 6.07) is 22.6. The topological polar surface area (TPSA) is 42.2 Å². The number of aromatic nitrogens is 1. The van der Waals surface area contributed by atoms with Gasteiger partial charge in [-0.3, -0.25) is 4.79 Å². The Kier molecular flexibility index (Phi) is 3.85. The number of fused-ring (bicyclic) bond motifs is 1. The van der Waals surface area contributed by atoms with Crippen molar-refractivity contribution >= 4 is 16.7 Å². The van der Waals surface area contributed by atoms with E-state index in [1.54, 1.807) is 12.1 Å². The number of phenols is 1. The van der Waals surface area contributed by atoms with Crippen molar-refractivity contribution in [2.45, 2.75) is 13.8 Å². The molecular formula is C23H19NO2. The Hall–Kier alpha value is -3.33. The van der Waals surface area contributed by atoms with Crippen LogP contribution in [0.15, 0.2) is 72.8 Å². The fourth-order valence-corrected chi connectivity index (χ4v) is 3.53. The maximum atomic E-state index is 13.2. The molecule has 26 heavy (non-hydrogen) atoms. The number of aromatic hydroxyl groups is 1. The fourth-order valence-electron chi connectivity index (χ4n) is 3.53. The summed E-state index contributed by atoms with van der Waals surface area (Å²) >= 11 is 0. The Bertz CT molecular complexity index is 1120. The van der Waals surface area contributed by atoms with Crippen molar-refractivity contribution < 1.29 is 9.90 Å². The van der Waals surface area contributed by atoms with Gasteiger partial charge in [-0.1, -0.05) is 42.5 Å². The van der Waals surface area contributed by atoms with Crippen LogP contribution in [-0.4, -0.2) is 15.5 Å². The molecule has 1 heterocycles. The number of benzene rings is 3. The Morgan fingerprint density at radius 3 is 2.38 bits per heavy atom. The molecule has 0 fully saturated rings. The smallest absolute Gasteiger partial charge is 0.195 e. The number of carbonyl (C=O) groups is 1. The average molecular weight is 341 g/mol. The van der Waals surface area contributed by atoms with Crippen LogP contribution in [-0.2, 0) is 0 Å². The summed E-state index contributed by atoms with van der Waals surface area (Å²) < 4.78 is 2.08. The predicted octanol–water partition coefficient (Wildman–Crippen LogP) is 5.18. The zero-order chi connectivity index (χ0) is 18.3. The van der Waals surface area contributed by atoms with E-state index in [9.17, 15) is 9.90 Å². The summed E-state index contributed by atoms with van der Waals surface area (Å²) in [6.45, 7) is 4.00. The lowest BCUT2D eigenvalue weighted by molar-refractivity contribution is 0.103. The first-order chi connectivity index (χ1) is 12.6. The third-order valence-electron chi connectivity index (χ3n) is 4.71. The van der Waals surface area contributed by atoms with Crippen LogP contribution >= 0.6 is 0 Å². The number of hydrogen-bond acceptors (Lipinski definition) is 2. The third-order valence-corrected chi connectivity index (χ3v) is 4.71. The number of nitrogens with zero attached hydrogens (tertiary/aromatic N) is 1. The molecule has 0 saturated heterocycles. The van der Waals surface area contributed by atoms with E-state index in [2.05, 4.69) is 10.6 Å². The molecule has 0 saturated carbocycles.